The first-order valence-corrected chi connectivity index (χ1v) is 32.0. The number of nitrogens with zero attached hydrogens (tertiary/aromatic N) is 2. The van der Waals surface area contributed by atoms with Crippen LogP contribution in [0.4, 0.5) is 4.79 Å². The maximum atomic E-state index is 14.4. The highest BCUT2D eigenvalue weighted by Crippen LogP contribution is 2.26. The SMILES string of the molecule is CCCCCCCCC(=O)OCC(COC(=O)CCCCCCCC)CC(=O)OC[C@@H]1CCCC[C@@H](COC(=O)CC(COC(=O)CCCCCCCC)COC(=O)CCCCCCCC)N1C(=O)OCC1CCCCCN1C. The van der Waals surface area contributed by atoms with Crippen molar-refractivity contribution in [1.29, 1.82) is 0 Å². The Labute approximate surface area is 478 Å². The van der Waals surface area contributed by atoms with E-state index in [1.54, 1.807) is 4.90 Å². The fourth-order valence-electron chi connectivity index (χ4n) is 10.4. The molecule has 2 saturated heterocycles. The van der Waals surface area contributed by atoms with Gasteiger partial charge >= 0.3 is 41.9 Å². The van der Waals surface area contributed by atoms with Crippen LogP contribution in [0.5, 0.6) is 0 Å². The third-order valence-electron chi connectivity index (χ3n) is 15.5. The highest BCUT2D eigenvalue weighted by atomic mass is 16.6. The highest BCUT2D eigenvalue weighted by Gasteiger charge is 2.37. The normalized spacial score (nSPS) is 16.9. The first-order valence-electron chi connectivity index (χ1n) is 32.0. The van der Waals surface area contributed by atoms with Crippen molar-refractivity contribution < 1.29 is 66.7 Å². The van der Waals surface area contributed by atoms with Crippen LogP contribution in [0.2, 0.25) is 0 Å². The molecule has 1 amide bonds. The predicted molar refractivity (Wildman–Crippen MR) is 308 cm³/mol. The molecule has 1 unspecified atom stereocenters. The van der Waals surface area contributed by atoms with Crippen molar-refractivity contribution in [2.75, 3.05) is 59.8 Å². The number of unbranched alkanes of at least 4 members (excludes halogenated alkanes) is 20. The van der Waals surface area contributed by atoms with Gasteiger partial charge in [0, 0.05) is 43.6 Å². The third-order valence-corrected chi connectivity index (χ3v) is 15.5. The van der Waals surface area contributed by atoms with Gasteiger partial charge in [0.1, 0.15) is 19.8 Å². The molecule has 0 saturated carbocycles. The van der Waals surface area contributed by atoms with E-state index >= 15 is 0 Å². The maximum absolute atomic E-state index is 14.4. The second-order valence-corrected chi connectivity index (χ2v) is 22.9. The van der Waals surface area contributed by atoms with Gasteiger partial charge in [-0.05, 0) is 65.0 Å². The first-order chi connectivity index (χ1) is 38.4. The second kappa shape index (κ2) is 47.7. The Morgan fingerprint density at radius 1 is 0.354 bits per heavy atom. The van der Waals surface area contributed by atoms with E-state index in [2.05, 4.69) is 32.6 Å². The third kappa shape index (κ3) is 36.9. The van der Waals surface area contributed by atoms with Gasteiger partial charge in [-0.1, -0.05) is 182 Å². The molecule has 79 heavy (non-hydrogen) atoms. The number of rotatable bonds is 46. The van der Waals surface area contributed by atoms with E-state index in [0.717, 1.165) is 135 Å². The molecule has 0 aromatic carbocycles. The first kappa shape index (κ1) is 71.2. The lowest BCUT2D eigenvalue weighted by atomic mass is 10.1. The summed E-state index contributed by atoms with van der Waals surface area (Å²) in [5.74, 6) is -3.88. The number of ether oxygens (including phenoxy) is 7. The van der Waals surface area contributed by atoms with Gasteiger partial charge in [0.15, 0.2) is 0 Å². The number of hydrogen-bond donors (Lipinski definition) is 0. The molecule has 16 nitrogen and oxygen atoms in total. The standard InChI is InChI=1S/C63H112N2O14/c1-6-10-14-18-22-28-38-57(66)73-45-52(46-74-58(67)39-29-23-19-15-11-7-2)43-61(70)77-50-55-36-32-33-37-56(65(55)63(72)79-49-54-35-27-26-34-42-64(54)5)51-78-62(71)44-53(47-75-59(68)40-30-24-20-16-12-8-3)48-76-60(69)41-31-25-21-17-13-9-4/h52-56H,6-51H2,1-5H3/t54?,55-,56-/m0/s1. The number of likely N-dealkylation sites (N-methyl/N-ethyl adjacent to an activating group) is 1. The van der Waals surface area contributed by atoms with E-state index in [0.29, 0.717) is 51.4 Å². The number of carbonyl (C=O) groups excluding carboxylic acids is 7. The van der Waals surface area contributed by atoms with Crippen LogP contribution in [0.25, 0.3) is 0 Å². The Balaban J connectivity index is 2.21. The van der Waals surface area contributed by atoms with Gasteiger partial charge in [0.25, 0.3) is 0 Å². The molecule has 0 aromatic heterocycles. The summed E-state index contributed by atoms with van der Waals surface area (Å²) >= 11 is 0. The summed E-state index contributed by atoms with van der Waals surface area (Å²) in [4.78, 5) is 97.0. The van der Waals surface area contributed by atoms with Gasteiger partial charge in [-0.2, -0.15) is 0 Å². The summed E-state index contributed by atoms with van der Waals surface area (Å²) in [6.07, 6.45) is 31.3. The fourth-order valence-corrected chi connectivity index (χ4v) is 10.4. The zero-order chi connectivity index (χ0) is 57.6. The van der Waals surface area contributed by atoms with Crippen molar-refractivity contribution in [3.05, 3.63) is 0 Å². The predicted octanol–water partition coefficient (Wildman–Crippen LogP) is 13.9. The summed E-state index contributed by atoms with van der Waals surface area (Å²) in [6, 6.07) is -1.18. The minimum Gasteiger partial charge on any atom is -0.465 e. The molecule has 0 spiro atoms. The van der Waals surface area contributed by atoms with E-state index in [1.165, 1.54) is 25.7 Å². The van der Waals surface area contributed by atoms with Crippen molar-refractivity contribution >= 4 is 41.9 Å². The molecule has 0 N–H and O–H groups in total. The number of likely N-dealkylation sites (tertiary alicyclic amines) is 2. The Bertz CT molecular complexity index is 1470. The van der Waals surface area contributed by atoms with Crippen LogP contribution in [0.1, 0.15) is 272 Å². The smallest absolute Gasteiger partial charge is 0.410 e. The van der Waals surface area contributed by atoms with Crippen LogP contribution in [0.3, 0.4) is 0 Å². The van der Waals surface area contributed by atoms with Crippen LogP contribution in [0, 0.1) is 11.8 Å². The van der Waals surface area contributed by atoms with Crippen molar-refractivity contribution in [2.24, 2.45) is 11.8 Å². The molecule has 0 bridgehead atoms. The second-order valence-electron chi connectivity index (χ2n) is 22.9. The molecule has 2 aliphatic rings. The van der Waals surface area contributed by atoms with Gasteiger partial charge in [0.05, 0.1) is 51.4 Å². The zero-order valence-electron chi connectivity index (χ0n) is 50.5. The number of carbonyl (C=O) groups is 7. The molecular formula is C63H112N2O14. The number of hydrogen-bond acceptors (Lipinski definition) is 15. The van der Waals surface area contributed by atoms with E-state index in [9.17, 15) is 33.6 Å². The van der Waals surface area contributed by atoms with Crippen LogP contribution in [-0.2, 0) is 61.9 Å². The monoisotopic (exact) mass is 1120 g/mol. The molecule has 2 rings (SSSR count). The molecule has 0 aliphatic carbocycles. The van der Waals surface area contributed by atoms with E-state index < -0.39 is 42.0 Å². The minimum absolute atomic E-state index is 0.0411. The summed E-state index contributed by atoms with van der Waals surface area (Å²) in [7, 11) is 2.04. The Morgan fingerprint density at radius 2 is 0.658 bits per heavy atom. The van der Waals surface area contributed by atoms with Crippen LogP contribution < -0.4 is 0 Å². The average Bonchev–Trinajstić information content (AvgIpc) is 3.83. The lowest BCUT2D eigenvalue weighted by molar-refractivity contribution is -0.156. The Morgan fingerprint density at radius 3 is 1.01 bits per heavy atom. The van der Waals surface area contributed by atoms with Gasteiger partial charge in [-0.25, -0.2) is 4.79 Å². The average molecular weight is 1120 g/mol. The Hall–Kier alpha value is -3.95. The van der Waals surface area contributed by atoms with Gasteiger partial charge in [0.2, 0.25) is 0 Å². The highest BCUT2D eigenvalue weighted by molar-refractivity contribution is 5.73. The molecule has 3 atom stereocenters. The van der Waals surface area contributed by atoms with E-state index in [4.69, 9.17) is 33.2 Å². The van der Waals surface area contributed by atoms with E-state index in [-0.39, 0.29) is 115 Å². The molecule has 458 valence electrons. The van der Waals surface area contributed by atoms with E-state index in [1.807, 2.05) is 7.05 Å². The largest absolute Gasteiger partial charge is 0.465 e. The maximum Gasteiger partial charge on any atom is 0.410 e. The van der Waals surface area contributed by atoms with Gasteiger partial charge in [-0.3, -0.25) is 33.7 Å². The van der Waals surface area contributed by atoms with Crippen molar-refractivity contribution in [3.8, 4) is 0 Å². The molecule has 16 heteroatoms. The summed E-state index contributed by atoms with van der Waals surface area (Å²) in [6.45, 7) is 8.99. The van der Waals surface area contributed by atoms with Crippen molar-refractivity contribution in [2.45, 2.75) is 290 Å². The van der Waals surface area contributed by atoms with Gasteiger partial charge in [-0.15, -0.1) is 0 Å². The fraction of sp³-hybridized carbons (Fsp3) is 0.889. The quantitative estimate of drug-likeness (QED) is 0.0317. The Kier molecular flexibility index (Phi) is 42.9. The van der Waals surface area contributed by atoms with Crippen LogP contribution in [-0.4, -0.2) is 130 Å². The molecule has 2 aliphatic heterocycles. The van der Waals surface area contributed by atoms with Crippen LogP contribution in [0.15, 0.2) is 0 Å². The summed E-state index contributed by atoms with van der Waals surface area (Å²) < 4.78 is 40.6. The summed E-state index contributed by atoms with van der Waals surface area (Å²) in [5, 5.41) is 0. The topological polar surface area (TPSA) is 191 Å². The number of amides is 1. The molecule has 2 fully saturated rings. The molecule has 0 aromatic rings. The minimum atomic E-state index is -0.634. The molecular weight excluding hydrogens is 1010 g/mol. The van der Waals surface area contributed by atoms with Crippen LogP contribution >= 0.6 is 0 Å². The summed E-state index contributed by atoms with van der Waals surface area (Å²) in [5.41, 5.74) is 0. The molecule has 2 heterocycles. The lowest BCUT2D eigenvalue weighted by Crippen LogP contribution is -2.51. The number of esters is 6. The lowest BCUT2D eigenvalue weighted by Gasteiger charge is -2.36. The van der Waals surface area contributed by atoms with Gasteiger partial charge < -0.3 is 38.1 Å². The van der Waals surface area contributed by atoms with Crippen molar-refractivity contribution in [3.63, 3.8) is 0 Å². The van der Waals surface area contributed by atoms with Crippen molar-refractivity contribution in [1.82, 2.24) is 9.80 Å². The zero-order valence-corrected chi connectivity index (χ0v) is 50.5. The molecule has 0 radical (unpaired) electrons.